The first-order valence-electron chi connectivity index (χ1n) is 10.6. The van der Waals surface area contributed by atoms with Gasteiger partial charge in [0.05, 0.1) is 5.92 Å². The van der Waals surface area contributed by atoms with Crippen LogP contribution in [0.3, 0.4) is 0 Å². The molecule has 0 radical (unpaired) electrons. The van der Waals surface area contributed by atoms with E-state index in [4.69, 9.17) is 9.47 Å². The van der Waals surface area contributed by atoms with Gasteiger partial charge in [0, 0.05) is 18.3 Å². The molecule has 0 spiro atoms. The molecule has 0 aromatic heterocycles. The van der Waals surface area contributed by atoms with Crippen molar-refractivity contribution in [3.05, 3.63) is 22.8 Å². The van der Waals surface area contributed by atoms with Gasteiger partial charge in [-0.25, -0.2) is 0 Å². The van der Waals surface area contributed by atoms with E-state index in [-0.39, 0.29) is 34.9 Å². The Morgan fingerprint density at radius 2 is 2.07 bits per heavy atom. The van der Waals surface area contributed by atoms with Gasteiger partial charge >= 0.3 is 5.97 Å². The van der Waals surface area contributed by atoms with Gasteiger partial charge in [0.15, 0.2) is 0 Å². The van der Waals surface area contributed by atoms with Crippen LogP contribution in [0.15, 0.2) is 22.8 Å². The minimum atomic E-state index is -0.0856. The van der Waals surface area contributed by atoms with Gasteiger partial charge in [-0.15, -0.1) is 0 Å². The Hall–Kier alpha value is -1.58. The van der Waals surface area contributed by atoms with Crippen molar-refractivity contribution in [2.75, 3.05) is 0 Å². The van der Waals surface area contributed by atoms with Crippen molar-refractivity contribution in [1.29, 1.82) is 0 Å². The first kappa shape index (κ1) is 17.5. The summed E-state index contributed by atoms with van der Waals surface area (Å²) in [6.07, 6.45) is 9.89. The maximum atomic E-state index is 12.2. The third-order valence-corrected chi connectivity index (χ3v) is 9.11. The average Bonchev–Trinajstić information content (AvgIpc) is 3.05. The fourth-order valence-electron chi connectivity index (χ4n) is 7.29. The van der Waals surface area contributed by atoms with Crippen LogP contribution in [0.4, 0.5) is 0 Å². The molecule has 0 aromatic carbocycles. The van der Waals surface area contributed by atoms with Crippen molar-refractivity contribution in [2.45, 2.75) is 77.9 Å². The molecular formula is C23H30O4. The quantitative estimate of drug-likeness (QED) is 0.412. The first-order chi connectivity index (χ1) is 12.9. The number of hydrogen-bond acceptors (Lipinski definition) is 4. The molecule has 4 nitrogen and oxygen atoms in total. The smallest absolute Gasteiger partial charge is 0.309 e. The summed E-state index contributed by atoms with van der Waals surface area (Å²) in [5, 5.41) is 0. The molecule has 5 aliphatic rings. The number of rotatable bonds is 2. The highest BCUT2D eigenvalue weighted by Crippen LogP contribution is 2.65. The molecular weight excluding hydrogens is 340 g/mol. The Kier molecular flexibility index (Phi) is 3.71. The van der Waals surface area contributed by atoms with Gasteiger partial charge in [0.1, 0.15) is 12.2 Å². The Labute approximate surface area is 161 Å². The molecule has 0 N–H and O–H groups in total. The molecule has 0 aromatic rings. The Bertz CT molecular complexity index is 764. The van der Waals surface area contributed by atoms with Crippen molar-refractivity contribution < 1.29 is 19.1 Å². The van der Waals surface area contributed by atoms with Crippen LogP contribution in [0.2, 0.25) is 0 Å². The maximum Gasteiger partial charge on any atom is 0.309 e. The highest BCUT2D eigenvalue weighted by molar-refractivity contribution is 5.77. The van der Waals surface area contributed by atoms with Crippen LogP contribution in [0, 0.1) is 28.6 Å². The summed E-state index contributed by atoms with van der Waals surface area (Å²) >= 11 is 0. The van der Waals surface area contributed by atoms with Crippen LogP contribution in [-0.4, -0.2) is 24.6 Å². The lowest BCUT2D eigenvalue weighted by atomic mass is 9.52. The highest BCUT2D eigenvalue weighted by Gasteiger charge is 2.61. The molecule has 5 rings (SSSR count). The van der Waals surface area contributed by atoms with E-state index >= 15 is 0 Å². The van der Waals surface area contributed by atoms with Crippen molar-refractivity contribution in [1.82, 2.24) is 0 Å². The minimum absolute atomic E-state index is 0.0116. The average molecular weight is 370 g/mol. The molecule has 27 heavy (non-hydrogen) atoms. The van der Waals surface area contributed by atoms with E-state index < -0.39 is 0 Å². The van der Waals surface area contributed by atoms with Crippen LogP contribution in [0.25, 0.3) is 0 Å². The van der Waals surface area contributed by atoms with Gasteiger partial charge in [-0.1, -0.05) is 43.6 Å². The van der Waals surface area contributed by atoms with Crippen molar-refractivity contribution in [3.8, 4) is 0 Å². The summed E-state index contributed by atoms with van der Waals surface area (Å²) in [5.74, 6) is 1.23. The van der Waals surface area contributed by atoms with Gasteiger partial charge in [-0.3, -0.25) is 9.59 Å². The lowest BCUT2D eigenvalue weighted by molar-refractivity contribution is -0.143. The van der Waals surface area contributed by atoms with Crippen LogP contribution in [0.1, 0.15) is 65.7 Å². The lowest BCUT2D eigenvalue weighted by Gasteiger charge is -2.53. The second-order valence-electron chi connectivity index (χ2n) is 9.87. The van der Waals surface area contributed by atoms with Gasteiger partial charge < -0.3 is 9.47 Å². The number of esters is 1. The second kappa shape index (κ2) is 5.71. The Balaban J connectivity index is 1.48. The van der Waals surface area contributed by atoms with E-state index in [9.17, 15) is 9.59 Å². The number of allylic oxidation sites excluding steroid dienone is 1. The topological polar surface area (TPSA) is 52.6 Å². The molecule has 1 saturated heterocycles. The standard InChI is InChI=1S/C23H30O4/c1-13-21(25)27-20-11-17-16-5-4-14-10-15(26-12-24)8-9-22(14,2)18(16)6-7-19(17)23(13,20)3/h4,12-13,15-16,18,20H,5-11H2,1-3H3/t13-,15+,16+,18+,20-,22+,23+/m1/s1. The molecule has 1 saturated carbocycles. The van der Waals surface area contributed by atoms with E-state index in [1.165, 1.54) is 12.0 Å². The normalized spacial score (nSPS) is 48.0. The van der Waals surface area contributed by atoms with Crippen LogP contribution in [-0.2, 0) is 19.1 Å². The Morgan fingerprint density at radius 3 is 2.85 bits per heavy atom. The monoisotopic (exact) mass is 370 g/mol. The molecule has 0 unspecified atom stereocenters. The van der Waals surface area contributed by atoms with E-state index in [2.05, 4.69) is 26.8 Å². The maximum absolute atomic E-state index is 12.2. The molecule has 1 aliphatic heterocycles. The number of ether oxygens (including phenoxy) is 2. The zero-order valence-corrected chi connectivity index (χ0v) is 16.6. The van der Waals surface area contributed by atoms with E-state index in [0.29, 0.717) is 18.3 Å². The number of fused-ring (bicyclic) bond motifs is 6. The summed E-state index contributed by atoms with van der Waals surface area (Å²) in [6, 6.07) is 0. The first-order valence-corrected chi connectivity index (χ1v) is 10.6. The van der Waals surface area contributed by atoms with E-state index in [0.717, 1.165) is 38.5 Å². The fraction of sp³-hybridized carbons (Fsp3) is 0.739. The van der Waals surface area contributed by atoms with Crippen molar-refractivity contribution in [2.24, 2.45) is 28.6 Å². The van der Waals surface area contributed by atoms with E-state index in [1.807, 2.05) is 0 Å². The zero-order chi connectivity index (χ0) is 19.0. The molecule has 7 atom stereocenters. The third kappa shape index (κ3) is 2.16. The molecule has 0 amide bonds. The third-order valence-electron chi connectivity index (χ3n) is 9.11. The number of hydrogen-bond donors (Lipinski definition) is 0. The predicted molar refractivity (Wildman–Crippen MR) is 101 cm³/mol. The number of carbonyl (C=O) groups is 2. The van der Waals surface area contributed by atoms with Gasteiger partial charge in [0.2, 0.25) is 0 Å². The molecule has 2 fully saturated rings. The van der Waals surface area contributed by atoms with Gasteiger partial charge in [0.25, 0.3) is 6.47 Å². The van der Waals surface area contributed by atoms with Gasteiger partial charge in [-0.05, 0) is 49.4 Å². The lowest BCUT2D eigenvalue weighted by Crippen LogP contribution is -2.44. The number of carbonyl (C=O) groups excluding carboxylic acids is 2. The molecule has 4 aliphatic carbocycles. The fourth-order valence-corrected chi connectivity index (χ4v) is 7.29. The molecule has 4 heteroatoms. The predicted octanol–water partition coefficient (Wildman–Crippen LogP) is 4.34. The van der Waals surface area contributed by atoms with Crippen molar-refractivity contribution in [3.63, 3.8) is 0 Å². The summed E-state index contributed by atoms with van der Waals surface area (Å²) in [6.45, 7) is 7.37. The largest absolute Gasteiger partial charge is 0.464 e. The van der Waals surface area contributed by atoms with Crippen LogP contribution >= 0.6 is 0 Å². The molecule has 0 bridgehead atoms. The summed E-state index contributed by atoms with van der Waals surface area (Å²) in [5.41, 5.74) is 4.81. The summed E-state index contributed by atoms with van der Waals surface area (Å²) in [7, 11) is 0. The van der Waals surface area contributed by atoms with E-state index in [1.54, 1.807) is 11.1 Å². The minimum Gasteiger partial charge on any atom is -0.464 e. The molecule has 1 heterocycles. The Morgan fingerprint density at radius 1 is 1.26 bits per heavy atom. The second-order valence-corrected chi connectivity index (χ2v) is 9.87. The SMILES string of the molecule is C[C@@H]1C(=O)O[C@@H]2CC3=C(CC[C@H]4[C@H]3CC=C3C[C@@H](OC=O)CC[C@@]34C)[C@]12C. The molecule has 146 valence electrons. The van der Waals surface area contributed by atoms with Gasteiger partial charge in [-0.2, -0.15) is 0 Å². The highest BCUT2D eigenvalue weighted by atomic mass is 16.6. The van der Waals surface area contributed by atoms with Crippen molar-refractivity contribution >= 4 is 12.4 Å². The summed E-state index contributed by atoms with van der Waals surface area (Å²) < 4.78 is 11.1. The van der Waals surface area contributed by atoms with Crippen LogP contribution < -0.4 is 0 Å². The van der Waals surface area contributed by atoms with Crippen LogP contribution in [0.5, 0.6) is 0 Å². The summed E-state index contributed by atoms with van der Waals surface area (Å²) in [4.78, 5) is 22.9. The zero-order valence-electron chi connectivity index (χ0n) is 16.6.